The lowest BCUT2D eigenvalue weighted by atomic mass is 9.51. The third-order valence-corrected chi connectivity index (χ3v) is 7.31. The van der Waals surface area contributed by atoms with E-state index in [-0.39, 0.29) is 12.8 Å². The predicted octanol–water partition coefficient (Wildman–Crippen LogP) is 2.08. The second-order valence-corrected chi connectivity index (χ2v) is 8.61. The van der Waals surface area contributed by atoms with Gasteiger partial charge in [0.15, 0.2) is 11.6 Å². The van der Waals surface area contributed by atoms with Crippen molar-refractivity contribution < 1.29 is 28.8 Å². The maximum absolute atomic E-state index is 13.4. The van der Waals surface area contributed by atoms with Gasteiger partial charge in [-0.15, -0.1) is 0 Å². The van der Waals surface area contributed by atoms with Crippen LogP contribution in [0, 0.1) is 34.5 Å². The van der Waals surface area contributed by atoms with Crippen LogP contribution in [-0.4, -0.2) is 34.7 Å². The molecule has 3 rings (SSSR count). The molecule has 150 valence electrons. The molecule has 3 aliphatic carbocycles. The second-order valence-electron chi connectivity index (χ2n) is 8.61. The van der Waals surface area contributed by atoms with Crippen molar-refractivity contribution in [2.24, 2.45) is 34.5 Å². The normalized spacial score (nSPS) is 40.9. The summed E-state index contributed by atoms with van der Waals surface area (Å²) >= 11 is 0. The molecule has 2 fully saturated rings. The molecule has 28 heavy (non-hydrogen) atoms. The Morgan fingerprint density at radius 3 is 1.11 bits per heavy atom. The molecule has 0 aromatic rings. The molecule has 4 unspecified atom stereocenters. The number of Topliss-reactive ketones (excluding diaryl/α,β-unsaturated/α-hetero) is 6. The Labute approximate surface area is 164 Å². The fourth-order valence-electron chi connectivity index (χ4n) is 6.93. The van der Waals surface area contributed by atoms with Gasteiger partial charge >= 0.3 is 0 Å². The maximum Gasteiger partial charge on any atom is 0.154 e. The third-order valence-electron chi connectivity index (χ3n) is 7.31. The number of carbonyl (C=O) groups is 6. The zero-order valence-corrected chi connectivity index (χ0v) is 16.7. The summed E-state index contributed by atoms with van der Waals surface area (Å²) in [5, 5.41) is 0. The van der Waals surface area contributed by atoms with Crippen LogP contribution in [0.15, 0.2) is 12.2 Å². The molecule has 6 heteroatoms. The quantitative estimate of drug-likeness (QED) is 0.541. The molecule has 0 bridgehead atoms. The smallest absolute Gasteiger partial charge is 0.154 e. The minimum absolute atomic E-state index is 0.253. The Kier molecular flexibility index (Phi) is 4.89. The molecular formula is C22H26O6. The first-order valence-corrected chi connectivity index (χ1v) is 9.80. The van der Waals surface area contributed by atoms with Crippen molar-refractivity contribution >= 4 is 34.7 Å². The largest absolute Gasteiger partial charge is 0.299 e. The number of hydrogen-bond donors (Lipinski definition) is 0. The van der Waals surface area contributed by atoms with Crippen molar-refractivity contribution in [3.8, 4) is 0 Å². The first-order chi connectivity index (χ1) is 13.1. The first kappa shape index (κ1) is 20.5. The van der Waals surface area contributed by atoms with E-state index in [0.29, 0.717) is 12.8 Å². The van der Waals surface area contributed by atoms with Crippen LogP contribution in [0.2, 0.25) is 0 Å². The summed E-state index contributed by atoms with van der Waals surface area (Å²) in [6.07, 6.45) is 5.30. The number of hydrogen-bond acceptors (Lipinski definition) is 6. The van der Waals surface area contributed by atoms with Gasteiger partial charge < -0.3 is 0 Å². The summed E-state index contributed by atoms with van der Waals surface area (Å²) in [5.74, 6) is -7.65. The van der Waals surface area contributed by atoms with Gasteiger partial charge in [0.25, 0.3) is 0 Å². The van der Waals surface area contributed by atoms with E-state index in [1.807, 2.05) is 12.2 Å². The minimum Gasteiger partial charge on any atom is -0.299 e. The summed E-state index contributed by atoms with van der Waals surface area (Å²) in [4.78, 5) is 77.7. The molecule has 2 saturated carbocycles. The van der Waals surface area contributed by atoms with Gasteiger partial charge in [-0.05, 0) is 53.4 Å². The number of ketones is 6. The molecule has 0 saturated heterocycles. The van der Waals surface area contributed by atoms with Gasteiger partial charge in [-0.1, -0.05) is 12.2 Å². The van der Waals surface area contributed by atoms with E-state index in [0.717, 1.165) is 0 Å². The molecule has 0 aromatic carbocycles. The highest BCUT2D eigenvalue weighted by atomic mass is 16.2. The van der Waals surface area contributed by atoms with E-state index in [2.05, 4.69) is 0 Å². The Bertz CT molecular complexity index is 716. The van der Waals surface area contributed by atoms with Gasteiger partial charge in [0.05, 0.1) is 23.7 Å². The van der Waals surface area contributed by atoms with E-state index in [4.69, 9.17) is 0 Å². The summed E-state index contributed by atoms with van der Waals surface area (Å²) in [6.45, 7) is 5.12. The van der Waals surface area contributed by atoms with Crippen molar-refractivity contribution in [1.29, 1.82) is 0 Å². The average molecular weight is 386 g/mol. The first-order valence-electron chi connectivity index (χ1n) is 9.80. The topological polar surface area (TPSA) is 102 Å². The molecule has 4 atom stereocenters. The maximum atomic E-state index is 13.4. The molecule has 0 N–H and O–H groups in total. The highest BCUT2D eigenvalue weighted by Crippen LogP contribution is 2.74. The van der Waals surface area contributed by atoms with Crippen molar-refractivity contribution in [3.05, 3.63) is 12.2 Å². The molecular weight excluding hydrogens is 360 g/mol. The Hall–Kier alpha value is -2.24. The number of allylic oxidation sites excluding steroid dienone is 2. The van der Waals surface area contributed by atoms with Gasteiger partial charge in [0.2, 0.25) is 0 Å². The number of carbonyl (C=O) groups excluding carboxylic acids is 6. The van der Waals surface area contributed by atoms with Gasteiger partial charge in [-0.3, -0.25) is 28.8 Å². The fraction of sp³-hybridized carbons (Fsp3) is 0.636. The van der Waals surface area contributed by atoms with Crippen LogP contribution in [-0.2, 0) is 28.8 Å². The van der Waals surface area contributed by atoms with E-state index < -0.39 is 69.2 Å². The predicted molar refractivity (Wildman–Crippen MR) is 99.2 cm³/mol. The third kappa shape index (κ3) is 2.26. The van der Waals surface area contributed by atoms with Crippen molar-refractivity contribution in [1.82, 2.24) is 0 Å². The molecule has 0 aliphatic heterocycles. The van der Waals surface area contributed by atoms with E-state index >= 15 is 0 Å². The van der Waals surface area contributed by atoms with Gasteiger partial charge in [-0.2, -0.15) is 0 Å². The number of rotatable bonds is 4. The average Bonchev–Trinajstić information content (AvgIpc) is 2.85. The Balaban J connectivity index is 2.49. The highest BCUT2D eigenvalue weighted by Gasteiger charge is 2.82. The van der Waals surface area contributed by atoms with Gasteiger partial charge in [-0.25, -0.2) is 0 Å². The van der Waals surface area contributed by atoms with E-state index in [1.54, 1.807) is 0 Å². The van der Waals surface area contributed by atoms with Gasteiger partial charge in [0.1, 0.15) is 23.1 Å². The summed E-state index contributed by atoms with van der Waals surface area (Å²) < 4.78 is 0. The molecule has 6 nitrogen and oxygen atoms in total. The van der Waals surface area contributed by atoms with Crippen molar-refractivity contribution in [2.45, 2.75) is 53.4 Å². The van der Waals surface area contributed by atoms with E-state index in [9.17, 15) is 28.8 Å². The molecule has 0 spiro atoms. The molecule has 3 aliphatic rings. The van der Waals surface area contributed by atoms with Crippen molar-refractivity contribution in [3.63, 3.8) is 0 Å². The van der Waals surface area contributed by atoms with E-state index in [1.165, 1.54) is 27.7 Å². The standard InChI is InChI=1S/C22H26O6/c1-11(23)15-19(27)16(12(2)24)22-10-8-6-5-7-9-21(15,22)17(13(3)25)20(28)18(22)14(4)26/h5-6,15-18H,7-10H2,1-4H3/b6-5-. The van der Waals surface area contributed by atoms with Crippen molar-refractivity contribution in [2.75, 3.05) is 0 Å². The van der Waals surface area contributed by atoms with Crippen LogP contribution < -0.4 is 0 Å². The van der Waals surface area contributed by atoms with Crippen LogP contribution >= 0.6 is 0 Å². The highest BCUT2D eigenvalue weighted by molar-refractivity contribution is 6.22. The Morgan fingerprint density at radius 2 is 0.893 bits per heavy atom. The fourth-order valence-corrected chi connectivity index (χ4v) is 6.93. The molecule has 0 radical (unpaired) electrons. The Morgan fingerprint density at radius 1 is 0.643 bits per heavy atom. The summed E-state index contributed by atoms with van der Waals surface area (Å²) in [7, 11) is 0. The minimum atomic E-state index is -1.31. The summed E-state index contributed by atoms with van der Waals surface area (Å²) in [6, 6.07) is 0. The monoisotopic (exact) mass is 386 g/mol. The molecule has 0 heterocycles. The molecule has 0 amide bonds. The van der Waals surface area contributed by atoms with Crippen LogP contribution in [0.5, 0.6) is 0 Å². The zero-order valence-electron chi connectivity index (χ0n) is 16.7. The van der Waals surface area contributed by atoms with Crippen LogP contribution in [0.25, 0.3) is 0 Å². The van der Waals surface area contributed by atoms with Gasteiger partial charge in [0, 0.05) is 10.8 Å². The SMILES string of the molecule is CC(=O)C1C(=O)C(C(C)=O)C23CC/C=C\CCC12C(C(C)=O)C(=O)C3C(C)=O. The van der Waals surface area contributed by atoms with Crippen LogP contribution in [0.1, 0.15) is 53.4 Å². The lowest BCUT2D eigenvalue weighted by Crippen LogP contribution is -2.51. The second kappa shape index (κ2) is 6.68. The molecule has 0 aromatic heterocycles. The summed E-state index contributed by atoms with van der Waals surface area (Å²) in [5.41, 5.74) is -2.62. The lowest BCUT2D eigenvalue weighted by Gasteiger charge is -2.48. The van der Waals surface area contributed by atoms with Crippen LogP contribution in [0.4, 0.5) is 0 Å². The lowest BCUT2D eigenvalue weighted by molar-refractivity contribution is -0.143. The van der Waals surface area contributed by atoms with Crippen LogP contribution in [0.3, 0.4) is 0 Å². The zero-order chi connectivity index (χ0) is 21.0.